The van der Waals surface area contributed by atoms with Gasteiger partial charge in [0.05, 0.1) is 28.7 Å². The van der Waals surface area contributed by atoms with Crippen molar-refractivity contribution in [3.63, 3.8) is 0 Å². The van der Waals surface area contributed by atoms with Crippen molar-refractivity contribution < 1.29 is 33.9 Å². The number of aliphatic hydroxyl groups is 1. The highest BCUT2D eigenvalue weighted by atomic mass is 16.6. The number of nitro groups is 1. The molecule has 4 atom stereocenters. The number of hydrogen-bond donors (Lipinski definition) is 1. The third-order valence-electron chi connectivity index (χ3n) is 4.94. The molecule has 0 bridgehead atoms. The maximum absolute atomic E-state index is 12.9. The Labute approximate surface area is 174 Å². The van der Waals surface area contributed by atoms with Gasteiger partial charge in [0.15, 0.2) is 5.78 Å². The highest BCUT2D eigenvalue weighted by Gasteiger charge is 2.57. The number of esters is 2. The highest BCUT2D eigenvalue weighted by molar-refractivity contribution is 6.02. The minimum Gasteiger partial charge on any atom is -0.463 e. The second kappa shape index (κ2) is 8.91. The Bertz CT molecular complexity index is 837. The number of ketones is 1. The normalized spacial score (nSPS) is 26.5. The Hall–Kier alpha value is -2.81. The van der Waals surface area contributed by atoms with Crippen LogP contribution in [0.4, 0.5) is 5.69 Å². The van der Waals surface area contributed by atoms with Crippen molar-refractivity contribution >= 4 is 23.4 Å². The van der Waals surface area contributed by atoms with E-state index in [1.165, 1.54) is 31.2 Å². The van der Waals surface area contributed by atoms with E-state index >= 15 is 0 Å². The zero-order chi connectivity index (χ0) is 22.8. The fourth-order valence-corrected chi connectivity index (χ4v) is 3.87. The third-order valence-corrected chi connectivity index (χ3v) is 4.94. The molecule has 2 rings (SSSR count). The maximum atomic E-state index is 12.9. The maximum Gasteiger partial charge on any atom is 0.317 e. The van der Waals surface area contributed by atoms with Crippen molar-refractivity contribution in [2.45, 2.75) is 64.8 Å². The quantitative estimate of drug-likeness (QED) is 0.321. The average molecular weight is 421 g/mol. The van der Waals surface area contributed by atoms with Gasteiger partial charge in [0.1, 0.15) is 5.92 Å². The van der Waals surface area contributed by atoms with Gasteiger partial charge in [-0.15, -0.1) is 0 Å². The molecule has 0 heterocycles. The SMILES string of the molecule is CC(C)OC(=O)[C@H]1C(=O)C[C@](C)(O)[C@H](C(=O)OC(C)C)[C@@H]1c1cccc([N+](=O)[O-])c1. The molecule has 0 radical (unpaired) electrons. The molecule has 0 amide bonds. The van der Waals surface area contributed by atoms with Gasteiger partial charge in [0, 0.05) is 24.5 Å². The predicted molar refractivity (Wildman–Crippen MR) is 106 cm³/mol. The Morgan fingerprint density at radius 3 is 2.27 bits per heavy atom. The van der Waals surface area contributed by atoms with E-state index in [1.54, 1.807) is 27.7 Å². The summed E-state index contributed by atoms with van der Waals surface area (Å²) in [6.07, 6.45) is -1.47. The molecule has 1 fully saturated rings. The average Bonchev–Trinajstić information content (AvgIpc) is 2.58. The molecular formula is C21H27NO8. The molecule has 1 aromatic rings. The van der Waals surface area contributed by atoms with E-state index in [0.717, 1.165) is 0 Å². The molecule has 1 saturated carbocycles. The zero-order valence-corrected chi connectivity index (χ0v) is 17.7. The van der Waals surface area contributed by atoms with Crippen molar-refractivity contribution in [3.05, 3.63) is 39.9 Å². The number of non-ortho nitro benzene ring substituents is 1. The molecule has 1 aliphatic rings. The van der Waals surface area contributed by atoms with Crippen molar-refractivity contribution in [1.29, 1.82) is 0 Å². The van der Waals surface area contributed by atoms with E-state index in [9.17, 15) is 29.6 Å². The van der Waals surface area contributed by atoms with Gasteiger partial charge in [0.25, 0.3) is 5.69 Å². The van der Waals surface area contributed by atoms with Crippen LogP contribution in [0.15, 0.2) is 24.3 Å². The van der Waals surface area contributed by atoms with Gasteiger partial charge < -0.3 is 14.6 Å². The number of nitrogens with zero attached hydrogens (tertiary/aromatic N) is 1. The van der Waals surface area contributed by atoms with Crippen LogP contribution in [0.25, 0.3) is 0 Å². The molecule has 0 unspecified atom stereocenters. The number of carbonyl (C=O) groups is 3. The molecule has 1 N–H and O–H groups in total. The second-order valence-electron chi connectivity index (χ2n) is 8.30. The van der Waals surface area contributed by atoms with Crippen LogP contribution in [-0.4, -0.2) is 45.6 Å². The summed E-state index contributed by atoms with van der Waals surface area (Å²) < 4.78 is 10.5. The summed E-state index contributed by atoms with van der Waals surface area (Å²) in [5, 5.41) is 22.2. The molecule has 9 heteroatoms. The van der Waals surface area contributed by atoms with Gasteiger partial charge in [-0.05, 0) is 40.2 Å². The first-order valence-electron chi connectivity index (χ1n) is 9.75. The van der Waals surface area contributed by atoms with Crippen molar-refractivity contribution in [1.82, 2.24) is 0 Å². The fourth-order valence-electron chi connectivity index (χ4n) is 3.87. The first-order chi connectivity index (χ1) is 13.8. The number of benzene rings is 1. The highest BCUT2D eigenvalue weighted by Crippen LogP contribution is 2.47. The molecule has 0 spiro atoms. The predicted octanol–water partition coefficient (Wildman–Crippen LogP) is 2.54. The van der Waals surface area contributed by atoms with Crippen LogP contribution < -0.4 is 0 Å². The van der Waals surface area contributed by atoms with Crippen molar-refractivity contribution in [2.75, 3.05) is 0 Å². The zero-order valence-electron chi connectivity index (χ0n) is 17.7. The summed E-state index contributed by atoms with van der Waals surface area (Å²) in [5.74, 6) is -6.12. The minimum absolute atomic E-state index is 0.203. The largest absolute Gasteiger partial charge is 0.463 e. The van der Waals surface area contributed by atoms with Gasteiger partial charge in [-0.3, -0.25) is 24.5 Å². The number of carbonyl (C=O) groups excluding carboxylic acids is 3. The molecular weight excluding hydrogens is 394 g/mol. The summed E-state index contributed by atoms with van der Waals surface area (Å²) in [6, 6.07) is 5.34. The molecule has 164 valence electrons. The summed E-state index contributed by atoms with van der Waals surface area (Å²) >= 11 is 0. The number of nitro benzene ring substituents is 1. The molecule has 0 saturated heterocycles. The van der Waals surface area contributed by atoms with Gasteiger partial charge in [0.2, 0.25) is 0 Å². The van der Waals surface area contributed by atoms with Crippen LogP contribution in [0.1, 0.15) is 52.5 Å². The van der Waals surface area contributed by atoms with E-state index in [4.69, 9.17) is 9.47 Å². The van der Waals surface area contributed by atoms with Crippen LogP contribution in [0.2, 0.25) is 0 Å². The number of hydrogen-bond acceptors (Lipinski definition) is 8. The lowest BCUT2D eigenvalue weighted by Crippen LogP contribution is -2.55. The first-order valence-corrected chi connectivity index (χ1v) is 9.75. The number of rotatable bonds is 6. The van der Waals surface area contributed by atoms with E-state index < -0.39 is 64.6 Å². The van der Waals surface area contributed by atoms with Gasteiger partial charge in [-0.2, -0.15) is 0 Å². The Kier molecular flexibility index (Phi) is 6.97. The molecule has 1 aliphatic carbocycles. The molecule has 9 nitrogen and oxygen atoms in total. The molecule has 30 heavy (non-hydrogen) atoms. The van der Waals surface area contributed by atoms with E-state index in [-0.39, 0.29) is 11.3 Å². The van der Waals surface area contributed by atoms with Crippen LogP contribution in [0.5, 0.6) is 0 Å². The van der Waals surface area contributed by atoms with Gasteiger partial charge >= 0.3 is 11.9 Å². The summed E-state index contributed by atoms with van der Waals surface area (Å²) in [4.78, 5) is 49.3. The van der Waals surface area contributed by atoms with Crippen LogP contribution >= 0.6 is 0 Å². The Morgan fingerprint density at radius 1 is 1.17 bits per heavy atom. The van der Waals surface area contributed by atoms with Crippen molar-refractivity contribution in [2.24, 2.45) is 11.8 Å². The lowest BCUT2D eigenvalue weighted by Gasteiger charge is -2.43. The molecule has 0 aromatic heterocycles. The van der Waals surface area contributed by atoms with E-state index in [1.807, 2.05) is 0 Å². The molecule has 1 aromatic carbocycles. The number of ether oxygens (including phenoxy) is 2. The summed E-state index contributed by atoms with van der Waals surface area (Å²) in [7, 11) is 0. The second-order valence-corrected chi connectivity index (χ2v) is 8.30. The van der Waals surface area contributed by atoms with Crippen LogP contribution in [-0.2, 0) is 23.9 Å². The Balaban J connectivity index is 2.67. The lowest BCUT2D eigenvalue weighted by atomic mass is 9.61. The van der Waals surface area contributed by atoms with E-state index in [0.29, 0.717) is 0 Å². The Morgan fingerprint density at radius 2 is 1.73 bits per heavy atom. The van der Waals surface area contributed by atoms with E-state index in [2.05, 4.69) is 0 Å². The minimum atomic E-state index is -1.81. The van der Waals surface area contributed by atoms with Gasteiger partial charge in [-0.1, -0.05) is 12.1 Å². The monoisotopic (exact) mass is 421 g/mol. The smallest absolute Gasteiger partial charge is 0.317 e. The summed E-state index contributed by atoms with van der Waals surface area (Å²) in [6.45, 7) is 7.83. The molecule has 0 aliphatic heterocycles. The topological polar surface area (TPSA) is 133 Å². The third kappa shape index (κ3) is 5.02. The summed E-state index contributed by atoms with van der Waals surface area (Å²) in [5.41, 5.74) is -1.88. The van der Waals surface area contributed by atoms with Crippen LogP contribution in [0, 0.1) is 22.0 Å². The first kappa shape index (κ1) is 23.5. The lowest BCUT2D eigenvalue weighted by molar-refractivity contribution is -0.385. The fraction of sp³-hybridized carbons (Fsp3) is 0.571. The van der Waals surface area contributed by atoms with Crippen molar-refractivity contribution in [3.8, 4) is 0 Å². The van der Waals surface area contributed by atoms with Gasteiger partial charge in [-0.25, -0.2) is 0 Å². The standard InChI is InChI=1S/C21H27NO8/c1-11(2)29-19(24)17-15(23)10-21(5,26)18(20(25)30-12(3)4)16(17)13-7-6-8-14(9-13)22(27)28/h6-9,11-12,16-18,26H,10H2,1-5H3/t16-,17+,18+,21+/m1/s1. The number of Topliss-reactive ketones (excluding diaryl/α,β-unsaturated/α-hetero) is 1. The van der Waals surface area contributed by atoms with Crippen LogP contribution in [0.3, 0.4) is 0 Å².